The van der Waals surface area contributed by atoms with E-state index in [9.17, 15) is 14.4 Å². The fourth-order valence-electron chi connectivity index (χ4n) is 3.54. The Morgan fingerprint density at radius 2 is 1.57 bits per heavy atom. The lowest BCUT2D eigenvalue weighted by atomic mass is 10.1. The Kier molecular flexibility index (Phi) is 8.48. The van der Waals surface area contributed by atoms with Crippen molar-refractivity contribution in [3.63, 3.8) is 0 Å². The van der Waals surface area contributed by atoms with Crippen molar-refractivity contribution in [2.45, 2.75) is 26.4 Å². The normalized spacial score (nSPS) is 14.6. The van der Waals surface area contributed by atoms with Gasteiger partial charge in [0.25, 0.3) is 11.8 Å². The number of rotatable bonds is 9. The van der Waals surface area contributed by atoms with Crippen molar-refractivity contribution in [2.24, 2.45) is 0 Å². The zero-order valence-electron chi connectivity index (χ0n) is 20.0. The second-order valence-corrected chi connectivity index (χ2v) is 9.09. The van der Waals surface area contributed by atoms with E-state index in [0.717, 1.165) is 23.3 Å². The molecule has 190 valence electrons. The molecule has 0 spiro atoms. The first-order valence-electron chi connectivity index (χ1n) is 11.7. The molecule has 0 bridgehead atoms. The monoisotopic (exact) mass is 538 g/mol. The van der Waals surface area contributed by atoms with Crippen LogP contribution in [0.5, 0.6) is 11.5 Å². The molecule has 1 aliphatic rings. The highest BCUT2D eigenvalue weighted by Gasteiger charge is 2.36. The predicted octanol–water partition coefficient (Wildman–Crippen LogP) is 6.42. The summed E-state index contributed by atoms with van der Waals surface area (Å²) in [6, 6.07) is 17.8. The molecule has 4 amide bonds. The average molecular weight is 539 g/mol. The van der Waals surface area contributed by atoms with E-state index in [1.54, 1.807) is 66.7 Å². The van der Waals surface area contributed by atoms with E-state index in [0.29, 0.717) is 39.4 Å². The number of carbonyl (C=O) groups is 3. The number of carbonyl (C=O) groups excluding carboxylic acids is 3. The Bertz CT molecular complexity index is 1340. The topological polar surface area (TPSA) is 84.9 Å². The lowest BCUT2D eigenvalue weighted by Crippen LogP contribution is -2.54. The largest absolute Gasteiger partial charge is 0.494 e. The Balaban J connectivity index is 1.46. The van der Waals surface area contributed by atoms with Gasteiger partial charge in [0.1, 0.15) is 23.7 Å². The third kappa shape index (κ3) is 6.50. The maximum Gasteiger partial charge on any atom is 0.335 e. The van der Waals surface area contributed by atoms with Gasteiger partial charge in [0.15, 0.2) is 0 Å². The molecule has 0 saturated carbocycles. The van der Waals surface area contributed by atoms with E-state index >= 15 is 0 Å². The van der Waals surface area contributed by atoms with Gasteiger partial charge in [-0.2, -0.15) is 0 Å². The third-order valence-electron chi connectivity index (χ3n) is 5.56. The average Bonchev–Trinajstić information content (AvgIpc) is 2.88. The van der Waals surface area contributed by atoms with Crippen molar-refractivity contribution in [1.82, 2.24) is 5.32 Å². The molecule has 4 rings (SSSR count). The summed E-state index contributed by atoms with van der Waals surface area (Å²) in [6.45, 7) is 2.90. The fraction of sp³-hybridized carbons (Fsp3) is 0.179. The Labute approximate surface area is 224 Å². The number of amides is 4. The first-order valence-corrected chi connectivity index (χ1v) is 12.4. The molecule has 0 atom stereocenters. The van der Waals surface area contributed by atoms with Crippen LogP contribution in [0.25, 0.3) is 6.08 Å². The number of benzene rings is 3. The zero-order valence-corrected chi connectivity index (χ0v) is 21.5. The molecule has 3 aromatic rings. The van der Waals surface area contributed by atoms with Crippen LogP contribution in [0, 0.1) is 0 Å². The molecule has 3 aromatic carbocycles. The van der Waals surface area contributed by atoms with Crippen LogP contribution in [0.4, 0.5) is 10.5 Å². The summed E-state index contributed by atoms with van der Waals surface area (Å²) in [4.78, 5) is 39.0. The van der Waals surface area contributed by atoms with Crippen molar-refractivity contribution in [3.05, 3.63) is 93.5 Å². The lowest BCUT2D eigenvalue weighted by molar-refractivity contribution is -0.122. The number of barbiturate groups is 1. The van der Waals surface area contributed by atoms with Gasteiger partial charge in [-0.25, -0.2) is 9.69 Å². The Morgan fingerprint density at radius 3 is 2.24 bits per heavy atom. The highest BCUT2D eigenvalue weighted by Crippen LogP contribution is 2.26. The molecule has 1 saturated heterocycles. The van der Waals surface area contributed by atoms with Crippen molar-refractivity contribution >= 4 is 52.8 Å². The number of nitrogens with one attached hydrogen (secondary N) is 1. The van der Waals surface area contributed by atoms with Gasteiger partial charge < -0.3 is 9.47 Å². The third-order valence-corrected chi connectivity index (χ3v) is 6.15. The van der Waals surface area contributed by atoms with Crippen molar-refractivity contribution in [2.75, 3.05) is 11.5 Å². The minimum absolute atomic E-state index is 0.163. The van der Waals surface area contributed by atoms with E-state index in [1.807, 2.05) is 0 Å². The molecule has 0 radical (unpaired) electrons. The van der Waals surface area contributed by atoms with E-state index in [-0.39, 0.29) is 12.2 Å². The van der Waals surface area contributed by atoms with Crippen LogP contribution in [-0.2, 0) is 16.2 Å². The second kappa shape index (κ2) is 12.0. The van der Waals surface area contributed by atoms with Gasteiger partial charge in [0.2, 0.25) is 0 Å². The van der Waals surface area contributed by atoms with E-state index in [4.69, 9.17) is 32.7 Å². The van der Waals surface area contributed by atoms with Gasteiger partial charge >= 0.3 is 6.03 Å². The Morgan fingerprint density at radius 1 is 0.892 bits per heavy atom. The summed E-state index contributed by atoms with van der Waals surface area (Å²) in [5.74, 6) is -0.269. The van der Waals surface area contributed by atoms with Crippen LogP contribution in [-0.4, -0.2) is 24.5 Å². The molecule has 0 unspecified atom stereocenters. The standard InChI is InChI=1S/C28H24Cl2N2O5/c1-2-3-14-36-22-12-8-21(9-13-22)32-27(34)24(26(33)31-28(32)35)15-18-4-10-23(11-5-18)37-17-19-6-7-20(29)16-25(19)30/h4-13,15-16H,2-3,14,17H2,1H3,(H,31,33,35)/b24-15-. The highest BCUT2D eigenvalue weighted by molar-refractivity contribution is 6.39. The minimum Gasteiger partial charge on any atom is -0.494 e. The maximum atomic E-state index is 13.1. The van der Waals surface area contributed by atoms with Gasteiger partial charge in [-0.05, 0) is 66.6 Å². The van der Waals surface area contributed by atoms with Crippen LogP contribution in [0.15, 0.2) is 72.3 Å². The van der Waals surface area contributed by atoms with Gasteiger partial charge in [0.05, 0.1) is 12.3 Å². The molecule has 1 N–H and O–H groups in total. The van der Waals surface area contributed by atoms with Gasteiger partial charge in [-0.15, -0.1) is 0 Å². The number of unbranched alkanes of at least 4 members (excludes halogenated alkanes) is 1. The molecule has 0 aliphatic carbocycles. The first kappa shape index (κ1) is 26.3. The van der Waals surface area contributed by atoms with Crippen molar-refractivity contribution in [3.8, 4) is 11.5 Å². The molecular weight excluding hydrogens is 515 g/mol. The molecule has 7 nitrogen and oxygen atoms in total. The molecule has 0 aromatic heterocycles. The number of halogens is 2. The van der Waals surface area contributed by atoms with Crippen LogP contribution in [0.2, 0.25) is 10.0 Å². The summed E-state index contributed by atoms with van der Waals surface area (Å²) in [6.07, 6.45) is 3.37. The highest BCUT2D eigenvalue weighted by atomic mass is 35.5. The molecule has 37 heavy (non-hydrogen) atoms. The number of nitrogens with zero attached hydrogens (tertiary/aromatic N) is 1. The summed E-state index contributed by atoms with van der Waals surface area (Å²) in [5, 5.41) is 3.28. The number of urea groups is 1. The van der Waals surface area contributed by atoms with Crippen LogP contribution >= 0.6 is 23.2 Å². The first-order chi connectivity index (χ1) is 17.9. The molecular formula is C28H24Cl2N2O5. The number of hydrogen-bond acceptors (Lipinski definition) is 5. The van der Waals surface area contributed by atoms with E-state index in [1.165, 1.54) is 6.08 Å². The molecule has 9 heteroatoms. The number of imide groups is 2. The summed E-state index contributed by atoms with van der Waals surface area (Å²) in [7, 11) is 0. The lowest BCUT2D eigenvalue weighted by Gasteiger charge is -2.26. The van der Waals surface area contributed by atoms with Crippen LogP contribution in [0.3, 0.4) is 0 Å². The quantitative estimate of drug-likeness (QED) is 0.193. The molecule has 1 aliphatic heterocycles. The zero-order chi connectivity index (χ0) is 26.4. The van der Waals surface area contributed by atoms with Gasteiger partial charge in [-0.1, -0.05) is 54.7 Å². The van der Waals surface area contributed by atoms with Crippen LogP contribution in [0.1, 0.15) is 30.9 Å². The number of ether oxygens (including phenoxy) is 2. The van der Waals surface area contributed by atoms with Gasteiger partial charge in [-0.3, -0.25) is 14.9 Å². The summed E-state index contributed by atoms with van der Waals surface area (Å²) in [5.41, 5.74) is 1.54. The smallest absolute Gasteiger partial charge is 0.335 e. The van der Waals surface area contributed by atoms with Gasteiger partial charge in [0, 0.05) is 15.6 Å². The van der Waals surface area contributed by atoms with Crippen molar-refractivity contribution in [1.29, 1.82) is 0 Å². The predicted molar refractivity (Wildman–Crippen MR) is 143 cm³/mol. The summed E-state index contributed by atoms with van der Waals surface area (Å²) < 4.78 is 11.4. The van der Waals surface area contributed by atoms with E-state index in [2.05, 4.69) is 12.2 Å². The molecule has 1 fully saturated rings. The summed E-state index contributed by atoms with van der Waals surface area (Å²) >= 11 is 12.1. The number of hydrogen-bond donors (Lipinski definition) is 1. The van der Waals surface area contributed by atoms with E-state index < -0.39 is 17.8 Å². The maximum absolute atomic E-state index is 13.1. The number of anilines is 1. The van der Waals surface area contributed by atoms with Crippen molar-refractivity contribution < 1.29 is 23.9 Å². The fourth-order valence-corrected chi connectivity index (χ4v) is 4.01. The van der Waals surface area contributed by atoms with Crippen LogP contribution < -0.4 is 19.7 Å². The SMILES string of the molecule is CCCCOc1ccc(N2C(=O)NC(=O)/C(=C/c3ccc(OCc4ccc(Cl)cc4Cl)cc3)C2=O)cc1. The Hall–Kier alpha value is -3.81. The minimum atomic E-state index is -0.809. The molecule has 1 heterocycles. The second-order valence-electron chi connectivity index (χ2n) is 8.25.